The number of hydrogen-bond donors (Lipinski definition) is 0. The van der Waals surface area contributed by atoms with Gasteiger partial charge < -0.3 is 9.32 Å². The lowest BCUT2D eigenvalue weighted by molar-refractivity contribution is -0.118. The van der Waals surface area contributed by atoms with Crippen LogP contribution in [-0.4, -0.2) is 36.4 Å². The maximum atomic E-state index is 13.5. The normalized spacial score (nSPS) is 16.0. The predicted molar refractivity (Wildman–Crippen MR) is 125 cm³/mol. The number of guanidine groups is 1. The largest absolute Gasteiger partial charge is 0.469 e. The van der Waals surface area contributed by atoms with Crippen molar-refractivity contribution >= 4 is 29.2 Å². The molecule has 0 bridgehead atoms. The standard InChI is InChI=1S/C25H26ClN3O2/c1-18-16-20(26)12-13-23(18)29-24(30)22(17-19-8-4-3-5-9-19)27-25(29)28(2)14-6-10-21-11-7-15-31-21/h3-5,7-9,11-13,15-16,22H,6,10,14,17H2,1-2H3. The van der Waals surface area contributed by atoms with Crippen LogP contribution < -0.4 is 4.90 Å². The van der Waals surface area contributed by atoms with Gasteiger partial charge in [-0.05, 0) is 54.8 Å². The number of aryl methyl sites for hydroxylation is 2. The Labute approximate surface area is 187 Å². The van der Waals surface area contributed by atoms with Crippen molar-refractivity contribution in [2.75, 3.05) is 18.5 Å². The van der Waals surface area contributed by atoms with E-state index in [-0.39, 0.29) is 5.91 Å². The average Bonchev–Trinajstić information content (AvgIpc) is 3.38. The molecule has 2 heterocycles. The number of carbonyl (C=O) groups excluding carboxylic acids is 1. The number of rotatable bonds is 7. The van der Waals surface area contributed by atoms with Crippen molar-refractivity contribution in [2.45, 2.75) is 32.2 Å². The Morgan fingerprint density at radius 2 is 1.94 bits per heavy atom. The maximum Gasteiger partial charge on any atom is 0.259 e. The number of halogens is 1. The van der Waals surface area contributed by atoms with Crippen molar-refractivity contribution in [3.8, 4) is 0 Å². The number of furan rings is 1. The van der Waals surface area contributed by atoms with Gasteiger partial charge in [0.1, 0.15) is 11.8 Å². The van der Waals surface area contributed by atoms with Gasteiger partial charge >= 0.3 is 0 Å². The molecule has 5 nitrogen and oxygen atoms in total. The topological polar surface area (TPSA) is 49.1 Å². The van der Waals surface area contributed by atoms with Crippen molar-refractivity contribution < 1.29 is 9.21 Å². The Morgan fingerprint density at radius 3 is 2.65 bits per heavy atom. The van der Waals surface area contributed by atoms with Gasteiger partial charge in [-0.3, -0.25) is 4.79 Å². The Hall–Kier alpha value is -3.05. The molecule has 0 N–H and O–H groups in total. The molecule has 160 valence electrons. The summed E-state index contributed by atoms with van der Waals surface area (Å²) in [5.41, 5.74) is 2.86. The molecule has 0 spiro atoms. The summed E-state index contributed by atoms with van der Waals surface area (Å²) in [6, 6.07) is 19.0. The van der Waals surface area contributed by atoms with E-state index in [1.807, 2.05) is 74.6 Å². The monoisotopic (exact) mass is 435 g/mol. The summed E-state index contributed by atoms with van der Waals surface area (Å²) in [7, 11) is 1.98. The number of anilines is 1. The summed E-state index contributed by atoms with van der Waals surface area (Å²) in [4.78, 5) is 22.1. The molecule has 4 rings (SSSR count). The van der Waals surface area contributed by atoms with Crippen LogP contribution in [-0.2, 0) is 17.6 Å². The SMILES string of the molecule is Cc1cc(Cl)ccc1N1C(=O)C(Cc2ccccc2)N=C1N(C)CCCc1ccco1. The van der Waals surface area contributed by atoms with Crippen molar-refractivity contribution in [3.63, 3.8) is 0 Å². The highest BCUT2D eigenvalue weighted by Crippen LogP contribution is 2.29. The zero-order valence-electron chi connectivity index (χ0n) is 17.8. The zero-order valence-corrected chi connectivity index (χ0v) is 18.5. The molecule has 0 saturated carbocycles. The second-order valence-electron chi connectivity index (χ2n) is 7.84. The van der Waals surface area contributed by atoms with Gasteiger partial charge in [0.15, 0.2) is 0 Å². The molecule has 0 radical (unpaired) electrons. The molecule has 1 aromatic heterocycles. The van der Waals surface area contributed by atoms with Crippen LogP contribution in [0.15, 0.2) is 76.3 Å². The lowest BCUT2D eigenvalue weighted by atomic mass is 10.1. The van der Waals surface area contributed by atoms with Crippen LogP contribution in [0.3, 0.4) is 0 Å². The van der Waals surface area contributed by atoms with Gasteiger partial charge in [0, 0.05) is 31.5 Å². The van der Waals surface area contributed by atoms with Gasteiger partial charge in [0.05, 0.1) is 12.0 Å². The Morgan fingerprint density at radius 1 is 1.13 bits per heavy atom. The summed E-state index contributed by atoms with van der Waals surface area (Å²) in [6.07, 6.45) is 4.00. The second kappa shape index (κ2) is 9.40. The van der Waals surface area contributed by atoms with Crippen LogP contribution in [0.1, 0.15) is 23.3 Å². The summed E-state index contributed by atoms with van der Waals surface area (Å²) in [5.74, 6) is 1.63. The Bertz CT molecular complexity index is 1060. The van der Waals surface area contributed by atoms with Crippen LogP contribution >= 0.6 is 11.6 Å². The molecule has 1 unspecified atom stereocenters. The first kappa shape index (κ1) is 21.2. The molecular formula is C25H26ClN3O2. The fraction of sp³-hybridized carbons (Fsp3) is 0.280. The molecule has 0 saturated heterocycles. The van der Waals surface area contributed by atoms with Crippen LogP contribution in [0.5, 0.6) is 0 Å². The molecule has 1 aliphatic heterocycles. The molecule has 3 aromatic rings. The van der Waals surface area contributed by atoms with Crippen molar-refractivity contribution in [1.29, 1.82) is 0 Å². The van der Waals surface area contributed by atoms with E-state index < -0.39 is 6.04 Å². The van der Waals surface area contributed by atoms with Gasteiger partial charge in [0.25, 0.3) is 5.91 Å². The van der Waals surface area contributed by atoms with E-state index in [1.54, 1.807) is 11.2 Å². The minimum absolute atomic E-state index is 0.0119. The molecule has 0 fully saturated rings. The number of amides is 1. The number of nitrogens with zero attached hydrogens (tertiary/aromatic N) is 3. The summed E-state index contributed by atoms with van der Waals surface area (Å²) in [6.45, 7) is 2.72. The third-order valence-corrected chi connectivity index (χ3v) is 5.72. The van der Waals surface area contributed by atoms with E-state index >= 15 is 0 Å². The van der Waals surface area contributed by atoms with E-state index in [0.29, 0.717) is 17.4 Å². The second-order valence-corrected chi connectivity index (χ2v) is 8.28. The molecule has 6 heteroatoms. The van der Waals surface area contributed by atoms with E-state index in [9.17, 15) is 4.79 Å². The lowest BCUT2D eigenvalue weighted by Crippen LogP contribution is -2.44. The third kappa shape index (κ3) is 4.83. The number of aliphatic imine (C=N–C) groups is 1. The van der Waals surface area contributed by atoms with Gasteiger partial charge in [-0.15, -0.1) is 0 Å². The number of carbonyl (C=O) groups is 1. The number of hydrogen-bond acceptors (Lipinski definition) is 4. The van der Waals surface area contributed by atoms with Crippen molar-refractivity contribution in [1.82, 2.24) is 4.90 Å². The fourth-order valence-electron chi connectivity index (χ4n) is 3.88. The summed E-state index contributed by atoms with van der Waals surface area (Å²) in [5, 5.41) is 0.652. The van der Waals surface area contributed by atoms with Crippen molar-refractivity contribution in [2.24, 2.45) is 4.99 Å². The van der Waals surface area contributed by atoms with E-state index in [1.165, 1.54) is 0 Å². The van der Waals surface area contributed by atoms with E-state index in [4.69, 9.17) is 21.0 Å². The Kier molecular flexibility index (Phi) is 6.42. The quantitative estimate of drug-likeness (QED) is 0.517. The van der Waals surface area contributed by atoms with Crippen LogP contribution in [0.25, 0.3) is 0 Å². The fourth-order valence-corrected chi connectivity index (χ4v) is 4.11. The molecule has 0 aliphatic carbocycles. The molecule has 1 amide bonds. The highest BCUT2D eigenvalue weighted by Gasteiger charge is 2.38. The minimum atomic E-state index is -0.444. The van der Waals surface area contributed by atoms with E-state index in [0.717, 1.165) is 42.0 Å². The average molecular weight is 436 g/mol. The van der Waals surface area contributed by atoms with Crippen LogP contribution in [0, 0.1) is 6.92 Å². The molecule has 1 aliphatic rings. The maximum absolute atomic E-state index is 13.5. The minimum Gasteiger partial charge on any atom is -0.469 e. The van der Waals surface area contributed by atoms with Gasteiger partial charge in [0.2, 0.25) is 5.96 Å². The first-order valence-electron chi connectivity index (χ1n) is 10.5. The van der Waals surface area contributed by atoms with Gasteiger partial charge in [-0.1, -0.05) is 41.9 Å². The third-order valence-electron chi connectivity index (χ3n) is 5.49. The molecule has 2 aromatic carbocycles. The summed E-state index contributed by atoms with van der Waals surface area (Å²) < 4.78 is 5.43. The van der Waals surface area contributed by atoms with Crippen LogP contribution in [0.2, 0.25) is 5.02 Å². The first-order valence-corrected chi connectivity index (χ1v) is 10.9. The molecule has 1 atom stereocenters. The van der Waals surface area contributed by atoms with Crippen molar-refractivity contribution in [3.05, 3.63) is 88.8 Å². The van der Waals surface area contributed by atoms with E-state index in [2.05, 4.69) is 4.90 Å². The smallest absolute Gasteiger partial charge is 0.259 e. The van der Waals surface area contributed by atoms with Crippen LogP contribution in [0.4, 0.5) is 5.69 Å². The molecular weight excluding hydrogens is 410 g/mol. The summed E-state index contributed by atoms with van der Waals surface area (Å²) >= 11 is 6.16. The van der Waals surface area contributed by atoms with Gasteiger partial charge in [-0.25, -0.2) is 9.89 Å². The van der Waals surface area contributed by atoms with Gasteiger partial charge in [-0.2, -0.15) is 0 Å². The lowest BCUT2D eigenvalue weighted by Gasteiger charge is -2.27. The highest BCUT2D eigenvalue weighted by atomic mass is 35.5. The molecule has 31 heavy (non-hydrogen) atoms. The number of benzene rings is 2. The highest BCUT2D eigenvalue weighted by molar-refractivity contribution is 6.31. The Balaban J connectivity index is 1.57. The predicted octanol–water partition coefficient (Wildman–Crippen LogP) is 5.12. The zero-order chi connectivity index (χ0) is 21.8. The first-order chi connectivity index (χ1) is 15.0.